The summed E-state index contributed by atoms with van der Waals surface area (Å²) in [6, 6.07) is 78.1. The Labute approximate surface area is 425 Å². The van der Waals surface area contributed by atoms with Crippen molar-refractivity contribution in [3.63, 3.8) is 0 Å². The molecule has 15 rings (SSSR count). The standard InChI is InChI=1S/C65H38Br2S2/c66-43-29-31-49-50-32-30-44(67)37-57(50)64(56(49)36-43,42-19-5-2-6-20-42)59-38-51(39-16-3-1-4-17-39)62(69-59)65(54-27-13-9-23-47(54)48-24-10-14-28-55(48)65)58-35-41-34-40-18-15-33-63(60(40)61(41)68-58)52-25-11-7-21-45(52)46-22-8-12-26-53(46)63/h1-38H. The van der Waals surface area contributed by atoms with Gasteiger partial charge in [0.05, 0.1) is 16.2 Å². The SMILES string of the molecule is Brc1ccc2c(c1)C(c1ccccc1)(c1cc(-c3ccccc3)c(C3(c4cc5c(s4)=C4C(=CC=CC46c4ccccc4-c4ccccc46)C=5)c4ccccc4-c4ccccc43)s1)c1cc(Br)ccc1-2. The second-order valence-electron chi connectivity index (χ2n) is 18.9. The number of hydrogen-bond donors (Lipinski definition) is 0. The van der Waals surface area contributed by atoms with Crippen molar-refractivity contribution in [3.05, 3.63) is 302 Å². The van der Waals surface area contributed by atoms with Crippen LogP contribution in [0, 0.1) is 0 Å². The highest BCUT2D eigenvalue weighted by Gasteiger charge is 2.54. The van der Waals surface area contributed by atoms with Gasteiger partial charge in [-0.05, 0) is 142 Å². The van der Waals surface area contributed by atoms with Crippen LogP contribution in [0.15, 0.2) is 239 Å². The van der Waals surface area contributed by atoms with Gasteiger partial charge in [0.25, 0.3) is 0 Å². The highest BCUT2D eigenvalue weighted by Crippen LogP contribution is 2.65. The Morgan fingerprint density at radius 2 is 0.884 bits per heavy atom. The van der Waals surface area contributed by atoms with Gasteiger partial charge in [-0.3, -0.25) is 0 Å². The average Bonchev–Trinajstić information content (AvgIpc) is 4.25. The molecule has 0 fully saturated rings. The molecule has 10 aromatic rings. The van der Waals surface area contributed by atoms with Gasteiger partial charge in [-0.2, -0.15) is 0 Å². The van der Waals surface area contributed by atoms with Crippen molar-refractivity contribution in [1.82, 2.24) is 0 Å². The van der Waals surface area contributed by atoms with Crippen LogP contribution in [-0.2, 0) is 16.2 Å². The molecule has 69 heavy (non-hydrogen) atoms. The van der Waals surface area contributed by atoms with E-state index in [0.29, 0.717) is 0 Å². The second kappa shape index (κ2) is 14.7. The molecule has 1 spiro atoms. The Balaban J connectivity index is 1.09. The van der Waals surface area contributed by atoms with E-state index in [1.54, 1.807) is 0 Å². The zero-order valence-corrected chi connectivity index (χ0v) is 41.8. The summed E-state index contributed by atoms with van der Waals surface area (Å²) in [7, 11) is 0. The van der Waals surface area contributed by atoms with Gasteiger partial charge >= 0.3 is 0 Å². The summed E-state index contributed by atoms with van der Waals surface area (Å²) >= 11 is 12.0. The topological polar surface area (TPSA) is 0 Å². The van der Waals surface area contributed by atoms with Crippen LogP contribution in [0.3, 0.4) is 0 Å². The number of rotatable bonds is 5. The predicted molar refractivity (Wildman–Crippen MR) is 295 cm³/mol. The molecule has 0 N–H and O–H groups in total. The molecular weight excluding hydrogens is 1000 g/mol. The molecule has 0 radical (unpaired) electrons. The lowest BCUT2D eigenvalue weighted by molar-refractivity contribution is 0.786. The monoisotopic (exact) mass is 1040 g/mol. The first-order chi connectivity index (χ1) is 34.0. The van der Waals surface area contributed by atoms with Crippen LogP contribution in [0.5, 0.6) is 0 Å². The molecule has 0 amide bonds. The zero-order chi connectivity index (χ0) is 45.6. The maximum absolute atomic E-state index is 3.97. The van der Waals surface area contributed by atoms with Crippen LogP contribution >= 0.6 is 54.5 Å². The minimum absolute atomic E-state index is 0.404. The molecule has 0 saturated carbocycles. The van der Waals surface area contributed by atoms with Gasteiger partial charge in [-0.25, -0.2) is 0 Å². The molecule has 0 unspecified atom stereocenters. The number of allylic oxidation sites excluding steroid dienone is 4. The highest BCUT2D eigenvalue weighted by atomic mass is 79.9. The fourth-order valence-corrected chi connectivity index (χ4v) is 17.1. The fourth-order valence-electron chi connectivity index (χ4n) is 13.1. The summed E-state index contributed by atoms with van der Waals surface area (Å²) in [5.41, 5.74) is 20.5. The van der Waals surface area contributed by atoms with E-state index in [-0.39, 0.29) is 0 Å². The minimum Gasteiger partial charge on any atom is -0.141 e. The van der Waals surface area contributed by atoms with E-state index in [1.807, 2.05) is 22.7 Å². The summed E-state index contributed by atoms with van der Waals surface area (Å²) in [5, 5.41) is 1.30. The smallest absolute Gasteiger partial charge is 0.0906 e. The first-order valence-electron chi connectivity index (χ1n) is 23.5. The summed E-state index contributed by atoms with van der Waals surface area (Å²) in [5.74, 6) is 0. The van der Waals surface area contributed by atoms with Crippen molar-refractivity contribution in [2.24, 2.45) is 0 Å². The average molecular weight is 1040 g/mol. The lowest BCUT2D eigenvalue weighted by Gasteiger charge is -2.34. The van der Waals surface area contributed by atoms with E-state index in [0.717, 1.165) is 8.95 Å². The highest BCUT2D eigenvalue weighted by molar-refractivity contribution is 9.10. The van der Waals surface area contributed by atoms with E-state index in [4.69, 9.17) is 0 Å². The second-order valence-corrected chi connectivity index (χ2v) is 22.8. The Morgan fingerprint density at radius 3 is 1.48 bits per heavy atom. The fraction of sp³-hybridized carbons (Fsp3) is 0.0462. The molecule has 0 nitrogen and oxygen atoms in total. The van der Waals surface area contributed by atoms with E-state index in [2.05, 4.69) is 262 Å². The third kappa shape index (κ3) is 5.17. The summed E-state index contributed by atoms with van der Waals surface area (Å²) < 4.78 is 3.50. The third-order valence-corrected chi connectivity index (χ3v) is 19.4. The number of fused-ring (bicyclic) bond motifs is 14. The number of halogens is 2. The van der Waals surface area contributed by atoms with Crippen molar-refractivity contribution < 1.29 is 0 Å². The molecule has 8 aromatic carbocycles. The molecule has 0 saturated heterocycles. The van der Waals surface area contributed by atoms with Crippen molar-refractivity contribution in [1.29, 1.82) is 0 Å². The van der Waals surface area contributed by atoms with Gasteiger partial charge in [0.15, 0.2) is 0 Å². The van der Waals surface area contributed by atoms with Gasteiger partial charge in [0, 0.05) is 28.1 Å². The Kier molecular flexibility index (Phi) is 8.56. The van der Waals surface area contributed by atoms with Gasteiger partial charge in [0.1, 0.15) is 0 Å². The van der Waals surface area contributed by atoms with E-state index >= 15 is 0 Å². The number of thiophene rings is 2. The number of benzene rings is 8. The lowest BCUT2D eigenvalue weighted by atomic mass is 9.68. The van der Waals surface area contributed by atoms with Crippen LogP contribution < -0.4 is 9.75 Å². The van der Waals surface area contributed by atoms with Crippen molar-refractivity contribution in [2.45, 2.75) is 16.2 Å². The van der Waals surface area contributed by atoms with E-state index in [1.165, 1.54) is 119 Å². The van der Waals surface area contributed by atoms with Crippen LogP contribution in [0.2, 0.25) is 0 Å². The van der Waals surface area contributed by atoms with Gasteiger partial charge in [-0.1, -0.05) is 220 Å². The molecule has 5 aliphatic rings. The van der Waals surface area contributed by atoms with E-state index in [9.17, 15) is 0 Å². The molecule has 2 heterocycles. The molecule has 0 bridgehead atoms. The third-order valence-electron chi connectivity index (χ3n) is 15.7. The van der Waals surface area contributed by atoms with Crippen molar-refractivity contribution in [3.8, 4) is 44.5 Å². The van der Waals surface area contributed by atoms with Crippen LogP contribution in [0.25, 0.3) is 56.2 Å². The molecule has 0 atom stereocenters. The Hall–Kier alpha value is -6.66. The van der Waals surface area contributed by atoms with Crippen LogP contribution in [0.4, 0.5) is 0 Å². The minimum atomic E-state index is -0.644. The van der Waals surface area contributed by atoms with Crippen molar-refractivity contribution >= 4 is 66.2 Å². The molecular formula is C65H38Br2S2. The zero-order valence-electron chi connectivity index (χ0n) is 37.0. The summed E-state index contributed by atoms with van der Waals surface area (Å²) in [6.07, 6.45) is 9.59. The lowest BCUT2D eigenvalue weighted by Crippen LogP contribution is -2.31. The van der Waals surface area contributed by atoms with E-state index < -0.39 is 16.2 Å². The first kappa shape index (κ1) is 40.2. The Morgan fingerprint density at radius 1 is 0.391 bits per heavy atom. The van der Waals surface area contributed by atoms with Gasteiger partial charge in [0.2, 0.25) is 0 Å². The largest absolute Gasteiger partial charge is 0.141 e. The van der Waals surface area contributed by atoms with Crippen LogP contribution in [-0.4, -0.2) is 0 Å². The molecule has 5 aliphatic carbocycles. The van der Waals surface area contributed by atoms with Gasteiger partial charge in [-0.15, -0.1) is 22.7 Å². The maximum atomic E-state index is 3.97. The van der Waals surface area contributed by atoms with Gasteiger partial charge < -0.3 is 0 Å². The van der Waals surface area contributed by atoms with Crippen molar-refractivity contribution in [2.75, 3.05) is 0 Å². The number of hydrogen-bond acceptors (Lipinski definition) is 2. The maximum Gasteiger partial charge on any atom is 0.0906 e. The normalized spacial score (nSPS) is 16.1. The molecule has 324 valence electrons. The molecule has 0 aliphatic heterocycles. The Bertz CT molecular complexity index is 3910. The molecule has 2 aromatic heterocycles. The summed E-state index contributed by atoms with van der Waals surface area (Å²) in [6.45, 7) is 0. The quantitative estimate of drug-likeness (QED) is 0.161. The summed E-state index contributed by atoms with van der Waals surface area (Å²) in [4.78, 5) is 3.98. The molecule has 4 heteroatoms. The first-order valence-corrected chi connectivity index (χ1v) is 26.7. The predicted octanol–water partition coefficient (Wildman–Crippen LogP) is 16.1. The van der Waals surface area contributed by atoms with Crippen LogP contribution in [0.1, 0.15) is 53.6 Å².